The summed E-state index contributed by atoms with van der Waals surface area (Å²) in [6.07, 6.45) is 0. The van der Waals surface area contributed by atoms with Crippen molar-refractivity contribution in [1.82, 2.24) is 19.1 Å². The Balaban J connectivity index is 0.000000191. The van der Waals surface area contributed by atoms with Crippen LogP contribution in [0.25, 0.3) is 97.9 Å². The van der Waals surface area contributed by atoms with Gasteiger partial charge in [-0.05, 0) is 121 Å². The van der Waals surface area contributed by atoms with E-state index in [0.717, 1.165) is 75.8 Å². The number of aromatic nitrogens is 4. The van der Waals surface area contributed by atoms with Gasteiger partial charge in [-0.1, -0.05) is 163 Å². The Hall–Kier alpha value is -6.69. The topological polar surface area (TPSA) is 35.6 Å². The molecule has 0 atom stereocenters. The maximum absolute atomic E-state index is 7.98. The number of para-hydroxylation sites is 6. The van der Waals surface area contributed by atoms with E-state index < -0.39 is 6.85 Å². The zero-order valence-electron chi connectivity index (χ0n) is 44.4. The van der Waals surface area contributed by atoms with Gasteiger partial charge in [0.15, 0.2) is 0 Å². The summed E-state index contributed by atoms with van der Waals surface area (Å²) in [7, 11) is 0. The van der Waals surface area contributed by atoms with Crippen molar-refractivity contribution >= 4 is 75.1 Å². The third-order valence-electron chi connectivity index (χ3n) is 13.8. The number of aryl methyl sites for hydroxylation is 1. The summed E-state index contributed by atoms with van der Waals surface area (Å²) >= 11 is 1.76. The molecule has 0 N–H and O–H groups in total. The minimum absolute atomic E-state index is 0. The molecule has 0 spiro atoms. The number of benzene rings is 9. The molecular weight excluding hydrogens is 1060 g/mol. The Labute approximate surface area is 439 Å². The quantitative estimate of drug-likeness (QED) is 0.112. The number of imidazole rings is 2. The second-order valence-electron chi connectivity index (χ2n) is 19.8. The fourth-order valence-corrected chi connectivity index (χ4v) is 11.6. The molecule has 0 saturated carbocycles. The van der Waals surface area contributed by atoms with E-state index in [2.05, 4.69) is 198 Å². The van der Waals surface area contributed by atoms with Crippen LogP contribution in [-0.2, 0) is 20.1 Å². The molecule has 0 saturated heterocycles. The van der Waals surface area contributed by atoms with Gasteiger partial charge in [0.1, 0.15) is 0 Å². The second kappa shape index (κ2) is 19.5. The van der Waals surface area contributed by atoms with Gasteiger partial charge in [0.25, 0.3) is 0 Å². The monoisotopic (exact) mass is 1120 g/mol. The molecule has 0 aliphatic heterocycles. The molecule has 12 rings (SSSR count). The molecule has 12 aromatic rings. The first kappa shape index (κ1) is 44.3. The van der Waals surface area contributed by atoms with Crippen molar-refractivity contribution in [2.45, 2.75) is 85.9 Å². The van der Waals surface area contributed by atoms with Crippen LogP contribution in [0, 0.1) is 19.0 Å². The summed E-state index contributed by atoms with van der Waals surface area (Å²) in [5.74, 6) is 3.36. The molecule has 9 aromatic carbocycles. The molecular formula is C65H58IrN4S-2. The summed E-state index contributed by atoms with van der Waals surface area (Å²) in [5.41, 5.74) is 14.3. The Kier molecular flexibility index (Phi) is 12.1. The van der Waals surface area contributed by atoms with E-state index >= 15 is 0 Å². The summed E-state index contributed by atoms with van der Waals surface area (Å²) in [6, 6.07) is 63.6. The molecule has 0 unspecified atom stereocenters. The number of fused-ring (bicyclic) bond motifs is 8. The molecule has 0 fully saturated rings. The van der Waals surface area contributed by atoms with Crippen molar-refractivity contribution in [2.75, 3.05) is 0 Å². The molecule has 6 heteroatoms. The summed E-state index contributed by atoms with van der Waals surface area (Å²) in [4.78, 5) is 10.3. The van der Waals surface area contributed by atoms with Gasteiger partial charge < -0.3 is 9.13 Å². The molecule has 355 valence electrons. The van der Waals surface area contributed by atoms with Gasteiger partial charge >= 0.3 is 0 Å². The van der Waals surface area contributed by atoms with Gasteiger partial charge in [0.05, 0.1) is 33.7 Å². The molecule has 0 bridgehead atoms. The summed E-state index contributed by atoms with van der Waals surface area (Å²) < 4.78 is 31.0. The van der Waals surface area contributed by atoms with Crippen molar-refractivity contribution < 1.29 is 24.2 Å². The van der Waals surface area contributed by atoms with E-state index in [9.17, 15) is 0 Å². The van der Waals surface area contributed by atoms with Gasteiger partial charge in [-0.15, -0.1) is 54.1 Å². The Bertz CT molecular complexity index is 3990. The first-order chi connectivity index (χ1) is 35.2. The van der Waals surface area contributed by atoms with Gasteiger partial charge in [-0.25, -0.2) is 0 Å². The van der Waals surface area contributed by atoms with Crippen molar-refractivity contribution in [2.24, 2.45) is 0 Å². The average molecular weight is 1120 g/mol. The van der Waals surface area contributed by atoms with E-state index in [1.807, 2.05) is 36.4 Å². The van der Waals surface area contributed by atoms with Crippen LogP contribution in [-0.4, -0.2) is 19.1 Å². The number of hydrogen-bond donors (Lipinski definition) is 0. The molecule has 71 heavy (non-hydrogen) atoms. The van der Waals surface area contributed by atoms with E-state index in [4.69, 9.17) is 14.1 Å². The largest absolute Gasteiger partial charge is 0.333 e. The molecule has 3 heterocycles. The van der Waals surface area contributed by atoms with Crippen LogP contribution in [0.5, 0.6) is 0 Å². The molecule has 0 amide bonds. The van der Waals surface area contributed by atoms with Crippen LogP contribution in [0.4, 0.5) is 0 Å². The van der Waals surface area contributed by atoms with Crippen LogP contribution in [0.2, 0.25) is 0 Å². The Morgan fingerprint density at radius 1 is 0.479 bits per heavy atom. The SMILES string of the molecule is CC(C)c1cccc(C(C)C)c1-n1c(-c2[c-]cccc2)nc2ccccc21.[2H]C([2H])([2H])c1ccc2ccc3cc4c(cc3c2c1)sc1c(-c2nc3ccccc3n2-c2c(C(C)C)cccc2C(C)C)[c-]ccc14.[Ir]. The van der Waals surface area contributed by atoms with Crippen molar-refractivity contribution in [3.05, 3.63) is 204 Å². The average Bonchev–Trinajstić information content (AvgIpc) is 4.09. The van der Waals surface area contributed by atoms with Crippen LogP contribution in [0.3, 0.4) is 0 Å². The number of thiophene rings is 1. The van der Waals surface area contributed by atoms with Crippen LogP contribution in [0.15, 0.2) is 164 Å². The molecule has 1 radical (unpaired) electrons. The van der Waals surface area contributed by atoms with Crippen LogP contribution >= 0.6 is 11.3 Å². The minimum Gasteiger partial charge on any atom is -0.333 e. The maximum atomic E-state index is 7.98. The van der Waals surface area contributed by atoms with Crippen LogP contribution in [0.1, 0.15) is 111 Å². The fourth-order valence-electron chi connectivity index (χ4n) is 10.4. The minimum atomic E-state index is -2.15. The zero-order chi connectivity index (χ0) is 50.9. The van der Waals surface area contributed by atoms with E-state index in [1.165, 1.54) is 44.4 Å². The van der Waals surface area contributed by atoms with E-state index in [1.54, 1.807) is 17.4 Å². The smallest absolute Gasteiger partial charge is 0.0774 e. The van der Waals surface area contributed by atoms with E-state index in [0.29, 0.717) is 29.2 Å². The van der Waals surface area contributed by atoms with Crippen LogP contribution < -0.4 is 0 Å². The van der Waals surface area contributed by atoms with Crippen molar-refractivity contribution in [3.63, 3.8) is 0 Å². The van der Waals surface area contributed by atoms with Gasteiger partial charge in [-0.3, -0.25) is 9.97 Å². The first-order valence-corrected chi connectivity index (χ1v) is 25.4. The summed E-state index contributed by atoms with van der Waals surface area (Å²) in [6.45, 7) is 15.9. The van der Waals surface area contributed by atoms with Gasteiger partial charge in [-0.2, -0.15) is 11.3 Å². The van der Waals surface area contributed by atoms with Gasteiger partial charge in [0, 0.05) is 40.3 Å². The zero-order valence-corrected chi connectivity index (χ0v) is 44.6. The Morgan fingerprint density at radius 2 is 1.01 bits per heavy atom. The molecule has 3 aromatic heterocycles. The predicted molar refractivity (Wildman–Crippen MR) is 300 cm³/mol. The normalized spacial score (nSPS) is 12.6. The van der Waals surface area contributed by atoms with Crippen molar-refractivity contribution in [1.29, 1.82) is 0 Å². The number of nitrogens with zero attached hydrogens (tertiary/aromatic N) is 4. The second-order valence-corrected chi connectivity index (χ2v) is 20.8. The predicted octanol–water partition coefficient (Wildman–Crippen LogP) is 18.5. The van der Waals surface area contributed by atoms with Crippen molar-refractivity contribution in [3.8, 4) is 34.2 Å². The molecule has 0 aliphatic rings. The number of rotatable bonds is 8. The fraction of sp³-hybridized carbons (Fsp3) is 0.200. The third-order valence-corrected chi connectivity index (χ3v) is 15.0. The summed E-state index contributed by atoms with van der Waals surface area (Å²) in [5, 5.41) is 6.51. The first-order valence-electron chi connectivity index (χ1n) is 26.1. The van der Waals surface area contributed by atoms with Gasteiger partial charge in [0.2, 0.25) is 0 Å². The molecule has 0 aliphatic carbocycles. The van der Waals surface area contributed by atoms with E-state index in [-0.39, 0.29) is 20.1 Å². The standard InChI is InChI=1S/C40H33N2S.C25H25N2.Ir/c1-23(2)28-10-8-11-29(24(3)4)38(28)42-36-15-7-6-14-35(36)41-40(42)31-13-9-12-30-34-21-27-19-18-26-17-16-25(5)20-32(26)33(27)22-37(34)43-39(30)31;1-17(2)20-13-10-14-21(18(3)4)24(20)27-23-16-9-8-15-22(23)26-25(27)19-11-6-5-7-12-19;/h6-12,14-24H,1-5H3;5-11,13-18H,1-4H3;/q2*-1;/i5D3;;. The Morgan fingerprint density at radius 3 is 1.59 bits per heavy atom. The number of hydrogen-bond acceptors (Lipinski definition) is 3. The third kappa shape index (κ3) is 8.50. The maximum Gasteiger partial charge on any atom is 0.0774 e. The molecule has 4 nitrogen and oxygen atoms in total.